The molecule has 0 bridgehead atoms. The molecule has 0 heterocycles. The minimum atomic E-state index is -3.80. The summed E-state index contributed by atoms with van der Waals surface area (Å²) >= 11 is 5.85. The largest absolute Gasteiger partial charge is 0.352 e. The molecule has 0 radical (unpaired) electrons. The van der Waals surface area contributed by atoms with Crippen LogP contribution in [0.15, 0.2) is 29.2 Å². The molecule has 1 aromatic rings. The Morgan fingerprint density at radius 2 is 1.91 bits per heavy atom. The van der Waals surface area contributed by atoms with Gasteiger partial charge >= 0.3 is 0 Å². The topological polar surface area (TPSA) is 75.3 Å². The Morgan fingerprint density at radius 3 is 2.48 bits per heavy atom. The molecule has 128 valence electrons. The van der Waals surface area contributed by atoms with Crippen molar-refractivity contribution in [1.29, 1.82) is 0 Å². The molecule has 0 aliphatic heterocycles. The van der Waals surface area contributed by atoms with Crippen LogP contribution in [0.25, 0.3) is 0 Å². The first-order chi connectivity index (χ1) is 10.8. The summed E-state index contributed by atoms with van der Waals surface area (Å²) in [6.07, 6.45) is 4.12. The molecule has 2 rings (SSSR count). The molecule has 2 N–H and O–H groups in total. The number of carbonyl (C=O) groups excluding carboxylic acids is 1. The van der Waals surface area contributed by atoms with Crippen LogP contribution in [0, 0.1) is 5.92 Å². The van der Waals surface area contributed by atoms with E-state index in [4.69, 9.17) is 11.6 Å². The molecule has 0 unspecified atom stereocenters. The molecule has 0 saturated heterocycles. The maximum Gasteiger partial charge on any atom is 0.241 e. The van der Waals surface area contributed by atoms with Crippen molar-refractivity contribution >= 4 is 27.5 Å². The Hall–Kier alpha value is -1.11. The average Bonchev–Trinajstić information content (AvgIpc) is 2.97. The summed E-state index contributed by atoms with van der Waals surface area (Å²) in [5.74, 6) is -0.428. The molecule has 5 nitrogen and oxygen atoms in total. The van der Waals surface area contributed by atoms with Crippen molar-refractivity contribution in [1.82, 2.24) is 10.0 Å². The Balaban J connectivity index is 2.13. The van der Waals surface area contributed by atoms with Crippen molar-refractivity contribution in [2.75, 3.05) is 0 Å². The van der Waals surface area contributed by atoms with E-state index in [0.717, 1.165) is 25.7 Å². The first kappa shape index (κ1) is 18.2. The third-order valence-electron chi connectivity index (χ3n) is 4.04. The van der Waals surface area contributed by atoms with E-state index >= 15 is 0 Å². The average molecular weight is 359 g/mol. The van der Waals surface area contributed by atoms with Crippen LogP contribution >= 0.6 is 11.6 Å². The zero-order valence-corrected chi connectivity index (χ0v) is 15.0. The van der Waals surface area contributed by atoms with Crippen LogP contribution in [-0.2, 0) is 14.8 Å². The van der Waals surface area contributed by atoms with Gasteiger partial charge in [-0.3, -0.25) is 4.79 Å². The van der Waals surface area contributed by atoms with Crippen LogP contribution in [0.5, 0.6) is 0 Å². The van der Waals surface area contributed by atoms with Crippen LogP contribution in [0.4, 0.5) is 0 Å². The summed E-state index contributed by atoms with van der Waals surface area (Å²) in [6, 6.07) is 5.35. The molecule has 1 aromatic carbocycles. The minimum absolute atomic E-state index is 0.0596. The number of carbonyl (C=O) groups is 1. The highest BCUT2D eigenvalue weighted by atomic mass is 35.5. The number of benzene rings is 1. The number of nitrogens with one attached hydrogen (secondary N) is 2. The van der Waals surface area contributed by atoms with E-state index in [-0.39, 0.29) is 22.8 Å². The summed E-state index contributed by atoms with van der Waals surface area (Å²) in [7, 11) is -3.80. The van der Waals surface area contributed by atoms with E-state index in [1.807, 2.05) is 13.8 Å². The standard InChI is InChI=1S/C16H23ClN2O3S/c1-11(2)15(16(20)18-13-7-3-4-8-13)19-23(21,22)14-9-5-6-12(17)10-14/h5-6,9-11,13,15,19H,3-4,7-8H2,1-2H3,(H,18,20)/t15-/m0/s1. The number of sulfonamides is 1. The van der Waals surface area contributed by atoms with E-state index in [0.29, 0.717) is 5.02 Å². The monoisotopic (exact) mass is 358 g/mol. The quantitative estimate of drug-likeness (QED) is 0.820. The van der Waals surface area contributed by atoms with Crippen molar-refractivity contribution in [3.05, 3.63) is 29.3 Å². The fourth-order valence-corrected chi connectivity index (χ4v) is 4.37. The number of amides is 1. The lowest BCUT2D eigenvalue weighted by Gasteiger charge is -2.23. The van der Waals surface area contributed by atoms with Crippen molar-refractivity contribution in [3.63, 3.8) is 0 Å². The van der Waals surface area contributed by atoms with E-state index in [9.17, 15) is 13.2 Å². The van der Waals surface area contributed by atoms with E-state index in [1.165, 1.54) is 12.1 Å². The molecule has 1 fully saturated rings. The molecule has 1 amide bonds. The zero-order valence-electron chi connectivity index (χ0n) is 13.4. The van der Waals surface area contributed by atoms with Crippen molar-refractivity contribution in [2.45, 2.75) is 56.5 Å². The third-order valence-corrected chi connectivity index (χ3v) is 5.71. The first-order valence-corrected chi connectivity index (χ1v) is 9.74. The molecule has 1 aliphatic rings. The molecule has 0 spiro atoms. The summed E-state index contributed by atoms with van der Waals surface area (Å²) in [4.78, 5) is 12.5. The number of rotatable bonds is 6. The lowest BCUT2D eigenvalue weighted by Crippen LogP contribution is -2.51. The van der Waals surface area contributed by atoms with Crippen molar-refractivity contribution in [2.24, 2.45) is 5.92 Å². The molecular weight excluding hydrogens is 336 g/mol. The lowest BCUT2D eigenvalue weighted by molar-refractivity contribution is -0.124. The van der Waals surface area contributed by atoms with Gasteiger partial charge in [-0.15, -0.1) is 0 Å². The van der Waals surface area contributed by atoms with E-state index in [2.05, 4.69) is 10.0 Å². The molecular formula is C16H23ClN2O3S. The second-order valence-electron chi connectivity index (χ2n) is 6.29. The van der Waals surface area contributed by atoms with Gasteiger partial charge in [0.1, 0.15) is 6.04 Å². The highest BCUT2D eigenvalue weighted by Crippen LogP contribution is 2.19. The Bertz CT molecular complexity index is 655. The normalized spacial score (nSPS) is 17.4. The van der Waals surface area contributed by atoms with Gasteiger partial charge in [0.25, 0.3) is 0 Å². The summed E-state index contributed by atoms with van der Waals surface area (Å²) < 4.78 is 27.5. The van der Waals surface area contributed by atoms with Crippen LogP contribution in [0.3, 0.4) is 0 Å². The van der Waals surface area contributed by atoms with Gasteiger partial charge in [-0.05, 0) is 37.0 Å². The number of hydrogen-bond donors (Lipinski definition) is 2. The Morgan fingerprint density at radius 1 is 1.26 bits per heavy atom. The molecule has 0 aromatic heterocycles. The van der Waals surface area contributed by atoms with Gasteiger partial charge < -0.3 is 5.32 Å². The van der Waals surface area contributed by atoms with Crippen LogP contribution in [0.1, 0.15) is 39.5 Å². The predicted octanol–water partition coefficient (Wildman–Crippen LogP) is 2.70. The van der Waals surface area contributed by atoms with Gasteiger partial charge in [-0.25, -0.2) is 8.42 Å². The third kappa shape index (κ3) is 4.93. The molecule has 1 aliphatic carbocycles. The number of hydrogen-bond acceptors (Lipinski definition) is 3. The van der Waals surface area contributed by atoms with Crippen molar-refractivity contribution < 1.29 is 13.2 Å². The number of halogens is 1. The van der Waals surface area contributed by atoms with Gasteiger partial charge in [-0.2, -0.15) is 4.72 Å². The van der Waals surface area contributed by atoms with Gasteiger partial charge in [0.05, 0.1) is 4.90 Å². The van der Waals surface area contributed by atoms with Gasteiger partial charge in [-0.1, -0.05) is 44.4 Å². The predicted molar refractivity (Wildman–Crippen MR) is 90.8 cm³/mol. The van der Waals surface area contributed by atoms with Crippen LogP contribution < -0.4 is 10.0 Å². The minimum Gasteiger partial charge on any atom is -0.352 e. The fraction of sp³-hybridized carbons (Fsp3) is 0.562. The van der Waals surface area contributed by atoms with Gasteiger partial charge in [0, 0.05) is 11.1 Å². The summed E-state index contributed by atoms with van der Waals surface area (Å²) in [5, 5.41) is 3.29. The van der Waals surface area contributed by atoms with Gasteiger partial charge in [0.2, 0.25) is 15.9 Å². The fourth-order valence-electron chi connectivity index (χ4n) is 2.72. The van der Waals surface area contributed by atoms with E-state index in [1.54, 1.807) is 12.1 Å². The second kappa shape index (κ2) is 7.64. The SMILES string of the molecule is CC(C)[C@H](NS(=O)(=O)c1cccc(Cl)c1)C(=O)NC1CCCC1. The molecule has 7 heteroatoms. The van der Waals surface area contributed by atoms with Gasteiger partial charge in [0.15, 0.2) is 0 Å². The zero-order chi connectivity index (χ0) is 17.0. The smallest absolute Gasteiger partial charge is 0.241 e. The molecule has 1 atom stereocenters. The maximum atomic E-state index is 12.5. The molecule has 23 heavy (non-hydrogen) atoms. The van der Waals surface area contributed by atoms with E-state index < -0.39 is 16.1 Å². The summed E-state index contributed by atoms with van der Waals surface area (Å²) in [5.41, 5.74) is 0. The molecule has 1 saturated carbocycles. The summed E-state index contributed by atoms with van der Waals surface area (Å²) in [6.45, 7) is 3.64. The highest BCUT2D eigenvalue weighted by Gasteiger charge is 2.30. The Labute approximate surface area is 142 Å². The maximum absolute atomic E-state index is 12.5. The highest BCUT2D eigenvalue weighted by molar-refractivity contribution is 7.89. The Kier molecular flexibility index (Phi) is 6.06. The first-order valence-electron chi connectivity index (χ1n) is 7.88. The second-order valence-corrected chi connectivity index (χ2v) is 8.44. The van der Waals surface area contributed by atoms with Crippen LogP contribution in [0.2, 0.25) is 5.02 Å². The van der Waals surface area contributed by atoms with Crippen LogP contribution in [-0.4, -0.2) is 26.4 Å². The lowest BCUT2D eigenvalue weighted by atomic mass is 10.0. The van der Waals surface area contributed by atoms with Crippen molar-refractivity contribution in [3.8, 4) is 0 Å².